The number of carbonyl (C=O) groups excluding carboxylic acids is 1. The van der Waals surface area contributed by atoms with E-state index >= 15 is 0 Å². The minimum absolute atomic E-state index is 0.119. The lowest BCUT2D eigenvalue weighted by Crippen LogP contribution is -2.48. The van der Waals surface area contributed by atoms with E-state index in [1.165, 1.54) is 0 Å². The molecule has 1 N–H and O–H groups in total. The summed E-state index contributed by atoms with van der Waals surface area (Å²) in [6, 6.07) is 11.1. The summed E-state index contributed by atoms with van der Waals surface area (Å²) >= 11 is 0. The van der Waals surface area contributed by atoms with E-state index in [4.69, 9.17) is 9.84 Å². The van der Waals surface area contributed by atoms with Crippen molar-refractivity contribution >= 4 is 5.91 Å². The number of benzene rings is 1. The second kappa shape index (κ2) is 6.32. The SMILES string of the molecule is N#CC(C(=O)N1CCOC(CO)C1)c1ccccc1. The molecule has 1 heterocycles. The van der Waals surface area contributed by atoms with Crippen LogP contribution in [0.1, 0.15) is 11.5 Å². The van der Waals surface area contributed by atoms with Gasteiger partial charge in [-0.2, -0.15) is 5.26 Å². The maximum Gasteiger partial charge on any atom is 0.244 e. The van der Waals surface area contributed by atoms with Gasteiger partial charge in [-0.05, 0) is 5.56 Å². The largest absolute Gasteiger partial charge is 0.394 e. The number of hydrogen-bond donors (Lipinski definition) is 1. The molecule has 100 valence electrons. The van der Waals surface area contributed by atoms with Gasteiger partial charge in [0.25, 0.3) is 0 Å². The van der Waals surface area contributed by atoms with Gasteiger partial charge in [-0.15, -0.1) is 0 Å². The molecule has 1 saturated heterocycles. The van der Waals surface area contributed by atoms with E-state index in [9.17, 15) is 10.1 Å². The fraction of sp³-hybridized carbons (Fsp3) is 0.429. The molecular formula is C14H16N2O3. The van der Waals surface area contributed by atoms with Crippen molar-refractivity contribution in [1.82, 2.24) is 4.90 Å². The predicted octanol–water partition coefficient (Wildman–Crippen LogP) is 0.513. The molecule has 1 aromatic carbocycles. The molecule has 2 rings (SSSR count). The van der Waals surface area contributed by atoms with Crippen LogP contribution in [0.25, 0.3) is 0 Å². The molecule has 0 radical (unpaired) electrons. The van der Waals surface area contributed by atoms with Crippen molar-refractivity contribution in [2.75, 3.05) is 26.3 Å². The Hall–Kier alpha value is -1.90. The monoisotopic (exact) mass is 260 g/mol. The Bertz CT molecular complexity index is 469. The van der Waals surface area contributed by atoms with Gasteiger partial charge in [-0.25, -0.2) is 0 Å². The third-order valence-electron chi connectivity index (χ3n) is 3.16. The maximum absolute atomic E-state index is 12.4. The second-order valence-corrected chi connectivity index (χ2v) is 4.43. The maximum atomic E-state index is 12.4. The highest BCUT2D eigenvalue weighted by atomic mass is 16.5. The zero-order valence-electron chi connectivity index (χ0n) is 10.5. The molecule has 0 bridgehead atoms. The Morgan fingerprint density at radius 3 is 2.89 bits per heavy atom. The molecule has 1 fully saturated rings. The average Bonchev–Trinajstić information content (AvgIpc) is 2.49. The number of rotatable bonds is 3. The van der Waals surface area contributed by atoms with E-state index in [-0.39, 0.29) is 18.6 Å². The molecule has 0 spiro atoms. The van der Waals surface area contributed by atoms with E-state index in [0.29, 0.717) is 25.3 Å². The van der Waals surface area contributed by atoms with Gasteiger partial charge in [0.1, 0.15) is 5.92 Å². The van der Waals surface area contributed by atoms with E-state index in [1.807, 2.05) is 18.2 Å². The molecular weight excluding hydrogens is 244 g/mol. The van der Waals surface area contributed by atoms with Crippen molar-refractivity contribution < 1.29 is 14.6 Å². The summed E-state index contributed by atoms with van der Waals surface area (Å²) in [5.41, 5.74) is 0.696. The normalized spacial score (nSPS) is 20.6. The molecule has 1 aliphatic rings. The van der Waals surface area contributed by atoms with Crippen molar-refractivity contribution in [2.24, 2.45) is 0 Å². The fourth-order valence-corrected chi connectivity index (χ4v) is 2.13. The molecule has 1 aromatic rings. The van der Waals surface area contributed by atoms with Crippen LogP contribution in [0.2, 0.25) is 0 Å². The quantitative estimate of drug-likeness (QED) is 0.859. The Kier molecular flexibility index (Phi) is 4.50. The lowest BCUT2D eigenvalue weighted by molar-refractivity contribution is -0.140. The Morgan fingerprint density at radius 1 is 1.53 bits per heavy atom. The molecule has 2 atom stereocenters. The third-order valence-corrected chi connectivity index (χ3v) is 3.16. The zero-order chi connectivity index (χ0) is 13.7. The Balaban J connectivity index is 2.11. The summed E-state index contributed by atoms with van der Waals surface area (Å²) in [6.07, 6.45) is -0.354. The number of nitriles is 1. The topological polar surface area (TPSA) is 73.6 Å². The van der Waals surface area contributed by atoms with Gasteiger partial charge in [0, 0.05) is 13.1 Å². The molecule has 2 unspecified atom stereocenters. The van der Waals surface area contributed by atoms with Crippen LogP contribution in [0, 0.1) is 11.3 Å². The zero-order valence-corrected chi connectivity index (χ0v) is 10.5. The summed E-state index contributed by atoms with van der Waals surface area (Å²) in [6.45, 7) is 1.07. The highest BCUT2D eigenvalue weighted by molar-refractivity contribution is 5.86. The molecule has 5 nitrogen and oxygen atoms in total. The lowest BCUT2D eigenvalue weighted by Gasteiger charge is -2.33. The van der Waals surface area contributed by atoms with Crippen LogP contribution >= 0.6 is 0 Å². The Labute approximate surface area is 112 Å². The van der Waals surface area contributed by atoms with Gasteiger partial charge in [-0.3, -0.25) is 4.79 Å². The van der Waals surface area contributed by atoms with E-state index in [2.05, 4.69) is 6.07 Å². The van der Waals surface area contributed by atoms with Crippen molar-refractivity contribution in [3.05, 3.63) is 35.9 Å². The van der Waals surface area contributed by atoms with Gasteiger partial charge in [0.05, 0.1) is 25.4 Å². The Morgan fingerprint density at radius 2 is 2.26 bits per heavy atom. The lowest BCUT2D eigenvalue weighted by atomic mass is 9.99. The first-order chi connectivity index (χ1) is 9.26. The smallest absolute Gasteiger partial charge is 0.244 e. The van der Waals surface area contributed by atoms with Crippen LogP contribution in [0.5, 0.6) is 0 Å². The van der Waals surface area contributed by atoms with Crippen molar-refractivity contribution in [1.29, 1.82) is 5.26 Å². The highest BCUT2D eigenvalue weighted by Gasteiger charge is 2.29. The standard InChI is InChI=1S/C14H16N2O3/c15-8-13(11-4-2-1-3-5-11)14(18)16-6-7-19-12(9-16)10-17/h1-5,12-13,17H,6-7,9-10H2. The van der Waals surface area contributed by atoms with E-state index < -0.39 is 5.92 Å². The van der Waals surface area contributed by atoms with Crippen LogP contribution in [-0.4, -0.2) is 48.3 Å². The van der Waals surface area contributed by atoms with Crippen molar-refractivity contribution in [2.45, 2.75) is 12.0 Å². The van der Waals surface area contributed by atoms with Crippen molar-refractivity contribution in [3.8, 4) is 6.07 Å². The highest BCUT2D eigenvalue weighted by Crippen LogP contribution is 2.19. The molecule has 0 aromatic heterocycles. The number of aliphatic hydroxyl groups is 1. The first-order valence-electron chi connectivity index (χ1n) is 6.22. The molecule has 0 aliphatic carbocycles. The van der Waals surface area contributed by atoms with E-state index in [0.717, 1.165) is 0 Å². The second-order valence-electron chi connectivity index (χ2n) is 4.43. The summed E-state index contributed by atoms with van der Waals surface area (Å²) < 4.78 is 5.30. The number of aliphatic hydroxyl groups excluding tert-OH is 1. The third kappa shape index (κ3) is 3.11. The van der Waals surface area contributed by atoms with Crippen LogP contribution in [-0.2, 0) is 9.53 Å². The molecule has 0 saturated carbocycles. The predicted molar refractivity (Wildman–Crippen MR) is 68.2 cm³/mol. The molecule has 1 amide bonds. The summed E-state index contributed by atoms with van der Waals surface area (Å²) in [7, 11) is 0. The van der Waals surface area contributed by atoms with E-state index in [1.54, 1.807) is 17.0 Å². The average molecular weight is 260 g/mol. The van der Waals surface area contributed by atoms with Gasteiger partial charge >= 0.3 is 0 Å². The minimum Gasteiger partial charge on any atom is -0.394 e. The van der Waals surface area contributed by atoms with Crippen molar-refractivity contribution in [3.63, 3.8) is 0 Å². The number of ether oxygens (including phenoxy) is 1. The van der Waals surface area contributed by atoms with Gasteiger partial charge < -0.3 is 14.7 Å². The van der Waals surface area contributed by atoms with Gasteiger partial charge in [-0.1, -0.05) is 30.3 Å². The first kappa shape index (κ1) is 13.5. The van der Waals surface area contributed by atoms with Crippen LogP contribution in [0.4, 0.5) is 0 Å². The van der Waals surface area contributed by atoms with Crippen LogP contribution in [0.3, 0.4) is 0 Å². The summed E-state index contributed by atoms with van der Waals surface area (Å²) in [5.74, 6) is -1.02. The first-order valence-corrected chi connectivity index (χ1v) is 6.22. The fourth-order valence-electron chi connectivity index (χ4n) is 2.13. The van der Waals surface area contributed by atoms with Gasteiger partial charge in [0.15, 0.2) is 0 Å². The minimum atomic E-state index is -0.793. The van der Waals surface area contributed by atoms with Gasteiger partial charge in [0.2, 0.25) is 5.91 Å². The van der Waals surface area contributed by atoms with Crippen LogP contribution in [0.15, 0.2) is 30.3 Å². The number of nitrogens with zero attached hydrogens (tertiary/aromatic N) is 2. The number of carbonyl (C=O) groups is 1. The number of hydrogen-bond acceptors (Lipinski definition) is 4. The summed E-state index contributed by atoms with van der Waals surface area (Å²) in [4.78, 5) is 13.9. The summed E-state index contributed by atoms with van der Waals surface area (Å²) in [5, 5.41) is 18.3. The molecule has 1 aliphatic heterocycles. The number of morpholine rings is 1. The molecule has 5 heteroatoms. The number of amides is 1. The van der Waals surface area contributed by atoms with Crippen LogP contribution < -0.4 is 0 Å². The molecule has 19 heavy (non-hydrogen) atoms.